The molecule has 2 N–H and O–H groups in total. The van der Waals surface area contributed by atoms with E-state index in [4.69, 9.17) is 9.47 Å². The Kier molecular flexibility index (Phi) is 5.27. The molecule has 0 bridgehead atoms. The van der Waals surface area contributed by atoms with Gasteiger partial charge in [0.2, 0.25) is 5.91 Å². The van der Waals surface area contributed by atoms with E-state index in [-0.39, 0.29) is 11.8 Å². The van der Waals surface area contributed by atoms with Gasteiger partial charge in [0, 0.05) is 22.7 Å². The molecule has 9 heteroatoms. The molecule has 0 unspecified atom stereocenters. The number of fused-ring (bicyclic) bond motifs is 1. The number of ether oxygens (including phenoxy) is 2. The van der Waals surface area contributed by atoms with Crippen molar-refractivity contribution in [3.8, 4) is 22.1 Å². The Bertz CT molecular complexity index is 1030. The standard InChI is InChI=1S/C19H17N3O4S2/c1-11(23)20-9-13-3-5-17(28-13)14-10-27-19(21-14)22-18(24)12-2-4-15-16(8-12)26-7-6-25-15/h2-5,8,10H,6-7,9H2,1H3,(H,20,23)(H,21,22,24). The third-order valence-electron chi connectivity index (χ3n) is 3.95. The van der Waals surface area contributed by atoms with E-state index in [0.717, 1.165) is 15.4 Å². The summed E-state index contributed by atoms with van der Waals surface area (Å²) in [7, 11) is 0. The van der Waals surface area contributed by atoms with Gasteiger partial charge in [0.25, 0.3) is 5.91 Å². The molecule has 1 aromatic carbocycles. The molecule has 1 aliphatic rings. The van der Waals surface area contributed by atoms with Gasteiger partial charge in [-0.15, -0.1) is 22.7 Å². The molecule has 4 rings (SSSR count). The summed E-state index contributed by atoms with van der Waals surface area (Å²) in [6.07, 6.45) is 0. The SMILES string of the molecule is CC(=O)NCc1ccc(-c2csc(NC(=O)c3ccc4c(c3)OCCO4)n2)s1. The van der Waals surface area contributed by atoms with E-state index in [2.05, 4.69) is 15.6 Å². The van der Waals surface area contributed by atoms with Crippen molar-refractivity contribution in [3.63, 3.8) is 0 Å². The number of hydrogen-bond donors (Lipinski definition) is 2. The predicted molar refractivity (Wildman–Crippen MR) is 108 cm³/mol. The van der Waals surface area contributed by atoms with Crippen LogP contribution < -0.4 is 20.1 Å². The first-order valence-corrected chi connectivity index (χ1v) is 10.3. The van der Waals surface area contributed by atoms with Crippen LogP contribution >= 0.6 is 22.7 Å². The van der Waals surface area contributed by atoms with Gasteiger partial charge in [0.1, 0.15) is 13.2 Å². The third-order valence-corrected chi connectivity index (χ3v) is 5.82. The van der Waals surface area contributed by atoms with E-state index >= 15 is 0 Å². The number of thiophene rings is 1. The molecule has 0 saturated heterocycles. The molecule has 1 aliphatic heterocycles. The summed E-state index contributed by atoms with van der Waals surface area (Å²) in [4.78, 5) is 30.1. The smallest absolute Gasteiger partial charge is 0.257 e. The number of carbonyl (C=O) groups is 2. The molecule has 144 valence electrons. The van der Waals surface area contributed by atoms with Crippen LogP contribution in [0.3, 0.4) is 0 Å². The average molecular weight is 415 g/mol. The molecule has 0 fully saturated rings. The summed E-state index contributed by atoms with van der Waals surface area (Å²) in [6.45, 7) is 2.97. The van der Waals surface area contributed by atoms with Gasteiger partial charge in [0.05, 0.1) is 17.1 Å². The highest BCUT2D eigenvalue weighted by molar-refractivity contribution is 7.17. The largest absolute Gasteiger partial charge is 0.486 e. The molecule has 2 aromatic heterocycles. The summed E-state index contributed by atoms with van der Waals surface area (Å²) in [5.74, 6) is 0.902. The lowest BCUT2D eigenvalue weighted by atomic mass is 10.2. The second-order valence-corrected chi connectivity index (χ2v) is 8.05. The van der Waals surface area contributed by atoms with Crippen LogP contribution in [0.15, 0.2) is 35.7 Å². The highest BCUT2D eigenvalue weighted by Gasteiger charge is 2.16. The van der Waals surface area contributed by atoms with Gasteiger partial charge in [-0.3, -0.25) is 14.9 Å². The summed E-state index contributed by atoms with van der Waals surface area (Å²) < 4.78 is 11.0. The topological polar surface area (TPSA) is 89.6 Å². The lowest BCUT2D eigenvalue weighted by Crippen LogP contribution is -2.17. The maximum Gasteiger partial charge on any atom is 0.257 e. The average Bonchev–Trinajstić information content (AvgIpc) is 3.35. The number of carbonyl (C=O) groups excluding carboxylic acids is 2. The first-order chi connectivity index (χ1) is 13.6. The van der Waals surface area contributed by atoms with Crippen LogP contribution in [0.1, 0.15) is 22.2 Å². The zero-order chi connectivity index (χ0) is 19.5. The van der Waals surface area contributed by atoms with E-state index in [9.17, 15) is 9.59 Å². The molecule has 28 heavy (non-hydrogen) atoms. The van der Waals surface area contributed by atoms with Gasteiger partial charge in [-0.1, -0.05) is 0 Å². The fourth-order valence-electron chi connectivity index (χ4n) is 2.62. The Hall–Kier alpha value is -2.91. The van der Waals surface area contributed by atoms with Crippen molar-refractivity contribution in [3.05, 3.63) is 46.2 Å². The molecule has 0 atom stereocenters. The molecule has 0 saturated carbocycles. The van der Waals surface area contributed by atoms with E-state index < -0.39 is 0 Å². The van der Waals surface area contributed by atoms with Crippen molar-refractivity contribution in [1.29, 1.82) is 0 Å². The number of hydrogen-bond acceptors (Lipinski definition) is 7. The number of rotatable bonds is 5. The van der Waals surface area contributed by atoms with E-state index in [1.807, 2.05) is 17.5 Å². The lowest BCUT2D eigenvalue weighted by Gasteiger charge is -2.18. The predicted octanol–water partition coefficient (Wildman–Crippen LogP) is 3.53. The zero-order valence-electron chi connectivity index (χ0n) is 15.0. The van der Waals surface area contributed by atoms with Gasteiger partial charge in [-0.2, -0.15) is 0 Å². The lowest BCUT2D eigenvalue weighted by molar-refractivity contribution is -0.119. The van der Waals surface area contributed by atoms with Crippen LogP contribution in [0.2, 0.25) is 0 Å². The molecular weight excluding hydrogens is 398 g/mol. The van der Waals surface area contributed by atoms with Gasteiger partial charge in [-0.05, 0) is 30.3 Å². The summed E-state index contributed by atoms with van der Waals surface area (Å²) in [5.41, 5.74) is 1.27. The monoisotopic (exact) mass is 415 g/mol. The van der Waals surface area contributed by atoms with Crippen molar-refractivity contribution in [2.24, 2.45) is 0 Å². The fraction of sp³-hybridized carbons (Fsp3) is 0.211. The third kappa shape index (κ3) is 4.15. The summed E-state index contributed by atoms with van der Waals surface area (Å²) in [5, 5.41) is 8.01. The zero-order valence-corrected chi connectivity index (χ0v) is 16.6. The number of nitrogens with zero attached hydrogens (tertiary/aromatic N) is 1. The second kappa shape index (κ2) is 7.99. The van der Waals surface area contributed by atoms with Crippen LogP contribution in [0, 0.1) is 0 Å². The Balaban J connectivity index is 1.43. The van der Waals surface area contributed by atoms with Crippen molar-refractivity contribution in [2.45, 2.75) is 13.5 Å². The van der Waals surface area contributed by atoms with Crippen LogP contribution in [0.4, 0.5) is 5.13 Å². The summed E-state index contributed by atoms with van der Waals surface area (Å²) in [6, 6.07) is 9.03. The minimum atomic E-state index is -0.254. The Labute approximate surface area is 169 Å². The minimum absolute atomic E-state index is 0.0623. The second-order valence-electron chi connectivity index (χ2n) is 6.03. The number of amides is 2. The normalized spacial score (nSPS) is 12.5. The van der Waals surface area contributed by atoms with Crippen LogP contribution in [-0.2, 0) is 11.3 Å². The Morgan fingerprint density at radius 3 is 2.79 bits per heavy atom. The molecule has 2 amide bonds. The van der Waals surface area contributed by atoms with Gasteiger partial charge in [-0.25, -0.2) is 4.98 Å². The highest BCUT2D eigenvalue weighted by Crippen LogP contribution is 2.32. The molecule has 0 spiro atoms. The number of nitrogens with one attached hydrogen (secondary N) is 2. The fourth-order valence-corrected chi connectivity index (χ4v) is 4.31. The van der Waals surface area contributed by atoms with Crippen molar-refractivity contribution >= 4 is 39.6 Å². The maximum absolute atomic E-state index is 12.5. The first kappa shape index (κ1) is 18.5. The molecule has 0 aliphatic carbocycles. The van der Waals surface area contributed by atoms with Crippen LogP contribution in [0.5, 0.6) is 11.5 Å². The van der Waals surface area contributed by atoms with Gasteiger partial charge < -0.3 is 14.8 Å². The Morgan fingerprint density at radius 2 is 1.96 bits per heavy atom. The number of anilines is 1. The quantitative estimate of drug-likeness (QED) is 0.665. The molecule has 0 radical (unpaired) electrons. The van der Waals surface area contributed by atoms with Gasteiger partial charge in [0.15, 0.2) is 16.6 Å². The molecule has 3 aromatic rings. The first-order valence-electron chi connectivity index (χ1n) is 8.58. The number of thiazole rings is 1. The van der Waals surface area contributed by atoms with Crippen molar-refractivity contribution in [2.75, 3.05) is 18.5 Å². The maximum atomic E-state index is 12.5. The molecule has 7 nitrogen and oxygen atoms in total. The van der Waals surface area contributed by atoms with Crippen molar-refractivity contribution < 1.29 is 19.1 Å². The van der Waals surface area contributed by atoms with E-state index in [1.54, 1.807) is 29.5 Å². The van der Waals surface area contributed by atoms with E-state index in [1.165, 1.54) is 18.3 Å². The van der Waals surface area contributed by atoms with Gasteiger partial charge >= 0.3 is 0 Å². The van der Waals surface area contributed by atoms with E-state index in [0.29, 0.717) is 42.0 Å². The number of aromatic nitrogens is 1. The van der Waals surface area contributed by atoms with Crippen LogP contribution in [0.25, 0.3) is 10.6 Å². The Morgan fingerprint density at radius 1 is 1.14 bits per heavy atom. The highest BCUT2D eigenvalue weighted by atomic mass is 32.1. The molecular formula is C19H17N3O4S2. The minimum Gasteiger partial charge on any atom is -0.486 e. The summed E-state index contributed by atoms with van der Waals surface area (Å²) >= 11 is 2.92. The van der Waals surface area contributed by atoms with Crippen molar-refractivity contribution in [1.82, 2.24) is 10.3 Å². The number of benzene rings is 1. The van der Waals surface area contributed by atoms with Crippen LogP contribution in [-0.4, -0.2) is 30.0 Å². The molecule has 3 heterocycles.